The average molecular weight is 495 g/mol. The van der Waals surface area contributed by atoms with Crippen LogP contribution >= 0.6 is 0 Å². The first kappa shape index (κ1) is 29.8. The molecule has 2 aliphatic rings. The Morgan fingerprint density at radius 2 is 1.49 bits per heavy atom. The van der Waals surface area contributed by atoms with Gasteiger partial charge in [0.05, 0.1) is 35.7 Å². The van der Waals surface area contributed by atoms with Gasteiger partial charge in [-0.3, -0.25) is 9.59 Å². The third-order valence-corrected chi connectivity index (χ3v) is 7.61. The van der Waals surface area contributed by atoms with Crippen LogP contribution in [0.2, 0.25) is 0 Å². The maximum atomic E-state index is 12.0. The van der Waals surface area contributed by atoms with E-state index in [0.717, 1.165) is 70.6 Å². The molecule has 0 amide bonds. The van der Waals surface area contributed by atoms with Crippen molar-refractivity contribution in [2.24, 2.45) is 16.7 Å². The van der Waals surface area contributed by atoms with Crippen LogP contribution in [0.25, 0.3) is 0 Å². The number of hydrogen-bond donors (Lipinski definition) is 2. The molecule has 2 saturated heterocycles. The molecule has 0 aromatic heterocycles. The zero-order chi connectivity index (χ0) is 26.1. The van der Waals surface area contributed by atoms with E-state index in [4.69, 9.17) is 9.47 Å². The summed E-state index contributed by atoms with van der Waals surface area (Å²) in [6.45, 7) is 10.2. The van der Waals surface area contributed by atoms with Crippen molar-refractivity contribution in [2.75, 3.05) is 0 Å². The highest BCUT2D eigenvalue weighted by Gasteiger charge is 2.33. The predicted octanol–water partition coefficient (Wildman–Crippen LogP) is 7.01. The van der Waals surface area contributed by atoms with E-state index in [9.17, 15) is 19.8 Å². The summed E-state index contributed by atoms with van der Waals surface area (Å²) in [7, 11) is 0. The Hall–Kier alpha value is -1.40. The van der Waals surface area contributed by atoms with Gasteiger partial charge in [0.1, 0.15) is 0 Å². The molecule has 5 unspecified atom stereocenters. The number of carbonyl (C=O) groups is 2. The zero-order valence-corrected chi connectivity index (χ0v) is 22.8. The number of rotatable bonds is 13. The summed E-state index contributed by atoms with van der Waals surface area (Å²) >= 11 is 0. The van der Waals surface area contributed by atoms with Gasteiger partial charge in [-0.2, -0.15) is 0 Å². The van der Waals surface area contributed by atoms with E-state index in [1.807, 2.05) is 0 Å². The monoisotopic (exact) mass is 494 g/mol. The van der Waals surface area contributed by atoms with Crippen LogP contribution in [-0.2, 0) is 19.1 Å². The molecular formula is C29H50O6. The molecule has 0 bridgehead atoms. The van der Waals surface area contributed by atoms with Gasteiger partial charge in [-0.1, -0.05) is 52.2 Å². The lowest BCUT2D eigenvalue weighted by molar-refractivity contribution is -0.152. The van der Waals surface area contributed by atoms with E-state index in [1.165, 1.54) is 0 Å². The Labute approximate surface area is 212 Å². The summed E-state index contributed by atoms with van der Waals surface area (Å²) < 4.78 is 12.6. The molecule has 35 heavy (non-hydrogen) atoms. The van der Waals surface area contributed by atoms with Crippen LogP contribution in [-0.4, -0.2) is 46.6 Å². The quantitative estimate of drug-likeness (QED) is 0.211. The molecular weight excluding hydrogens is 444 g/mol. The largest absolute Gasteiger partial charge is 0.481 e. The second-order valence-corrected chi connectivity index (χ2v) is 12.6. The minimum absolute atomic E-state index is 0.0413. The van der Waals surface area contributed by atoms with Gasteiger partial charge in [-0.05, 0) is 83.5 Å². The van der Waals surface area contributed by atoms with Gasteiger partial charge in [0.25, 0.3) is 0 Å². The van der Waals surface area contributed by atoms with Crippen molar-refractivity contribution in [3.8, 4) is 0 Å². The number of hydrogen-bond acceptors (Lipinski definition) is 4. The lowest BCUT2D eigenvalue weighted by Gasteiger charge is -2.33. The fourth-order valence-electron chi connectivity index (χ4n) is 5.22. The maximum Gasteiger partial charge on any atom is 0.309 e. The summed E-state index contributed by atoms with van der Waals surface area (Å²) in [5, 5.41) is 19.1. The minimum Gasteiger partial charge on any atom is -0.481 e. The fraction of sp³-hybridized carbons (Fsp3) is 0.862. The average Bonchev–Trinajstić information content (AvgIpc) is 2.78. The van der Waals surface area contributed by atoms with Crippen molar-refractivity contribution in [2.45, 2.75) is 143 Å². The number of aliphatic carboxylic acids is 2. The van der Waals surface area contributed by atoms with Gasteiger partial charge in [0.2, 0.25) is 0 Å². The second kappa shape index (κ2) is 13.8. The molecule has 6 heteroatoms. The first-order chi connectivity index (χ1) is 16.4. The first-order valence-corrected chi connectivity index (χ1v) is 13.8. The standard InChI is InChI=1S/C29H50O6/c1-28(2,3)19-10-15-24(26(30)31)25-16-9-14-23(35-25)18-17-22-13-8-12-21(34-22)11-6-7-20-29(4,5)27(32)33/h17-18,21-25H,6-16,19-20H2,1-5H3,(H,30,31)(H,32,33)/b18-17+. The SMILES string of the molecule is CC(C)(C)CCCC(C(=O)O)C1CCCC(/C=C/C2CCCC(CCCCC(C)(C)C(=O)O)O2)O1. The highest BCUT2D eigenvalue weighted by molar-refractivity contribution is 5.73. The molecule has 2 rings (SSSR count). The Morgan fingerprint density at radius 3 is 2.09 bits per heavy atom. The molecule has 0 spiro atoms. The molecule has 6 nitrogen and oxygen atoms in total. The van der Waals surface area contributed by atoms with E-state index in [1.54, 1.807) is 13.8 Å². The number of unbranched alkanes of at least 4 members (excludes halogenated alkanes) is 1. The van der Waals surface area contributed by atoms with Crippen LogP contribution in [0.4, 0.5) is 0 Å². The van der Waals surface area contributed by atoms with Crippen molar-refractivity contribution in [3.05, 3.63) is 12.2 Å². The number of ether oxygens (including phenoxy) is 2. The first-order valence-electron chi connectivity index (χ1n) is 13.8. The Bertz CT molecular complexity index is 692. The molecule has 2 aliphatic heterocycles. The summed E-state index contributed by atoms with van der Waals surface area (Å²) in [6, 6.07) is 0. The maximum absolute atomic E-state index is 12.0. The van der Waals surface area contributed by atoms with Crippen molar-refractivity contribution in [3.63, 3.8) is 0 Å². The normalized spacial score (nSPS) is 27.1. The highest BCUT2D eigenvalue weighted by Crippen LogP contribution is 2.31. The molecule has 0 aromatic rings. The second-order valence-electron chi connectivity index (χ2n) is 12.6. The van der Waals surface area contributed by atoms with Gasteiger partial charge >= 0.3 is 11.9 Å². The Kier molecular flexibility index (Phi) is 11.7. The van der Waals surface area contributed by atoms with Crippen molar-refractivity contribution in [1.82, 2.24) is 0 Å². The topological polar surface area (TPSA) is 93.1 Å². The van der Waals surface area contributed by atoms with Gasteiger partial charge in [0.15, 0.2) is 0 Å². The molecule has 2 heterocycles. The molecule has 0 radical (unpaired) electrons. The van der Waals surface area contributed by atoms with Crippen LogP contribution < -0.4 is 0 Å². The van der Waals surface area contributed by atoms with E-state index in [2.05, 4.69) is 32.9 Å². The smallest absolute Gasteiger partial charge is 0.309 e. The van der Waals surface area contributed by atoms with E-state index < -0.39 is 23.3 Å². The fourth-order valence-corrected chi connectivity index (χ4v) is 5.22. The third kappa shape index (κ3) is 11.0. The molecule has 0 aliphatic carbocycles. The lowest BCUT2D eigenvalue weighted by Crippen LogP contribution is -2.37. The Morgan fingerprint density at radius 1 is 0.857 bits per heavy atom. The van der Waals surface area contributed by atoms with E-state index >= 15 is 0 Å². The van der Waals surface area contributed by atoms with E-state index in [0.29, 0.717) is 12.8 Å². The van der Waals surface area contributed by atoms with Crippen LogP contribution in [0.3, 0.4) is 0 Å². The predicted molar refractivity (Wildman–Crippen MR) is 138 cm³/mol. The molecule has 2 fully saturated rings. The van der Waals surface area contributed by atoms with Crippen molar-refractivity contribution >= 4 is 11.9 Å². The van der Waals surface area contributed by atoms with E-state index in [-0.39, 0.29) is 29.8 Å². The summed E-state index contributed by atoms with van der Waals surface area (Å²) in [6.07, 6.45) is 16.3. The summed E-state index contributed by atoms with van der Waals surface area (Å²) in [4.78, 5) is 23.2. The van der Waals surface area contributed by atoms with Crippen LogP contribution in [0.1, 0.15) is 118 Å². The van der Waals surface area contributed by atoms with Crippen LogP contribution in [0.15, 0.2) is 12.2 Å². The zero-order valence-electron chi connectivity index (χ0n) is 22.8. The minimum atomic E-state index is -0.737. The molecule has 0 saturated carbocycles. The summed E-state index contributed by atoms with van der Waals surface area (Å²) in [5.41, 5.74) is -0.447. The van der Waals surface area contributed by atoms with Crippen LogP contribution in [0.5, 0.6) is 0 Å². The molecule has 2 N–H and O–H groups in total. The molecule has 202 valence electrons. The van der Waals surface area contributed by atoms with Gasteiger partial charge in [-0.25, -0.2) is 0 Å². The molecule has 0 aromatic carbocycles. The number of carboxylic acid groups (broad SMARTS) is 2. The van der Waals surface area contributed by atoms with Crippen molar-refractivity contribution < 1.29 is 29.3 Å². The van der Waals surface area contributed by atoms with Crippen molar-refractivity contribution in [1.29, 1.82) is 0 Å². The Balaban J connectivity index is 1.79. The van der Waals surface area contributed by atoms with Crippen LogP contribution in [0, 0.1) is 16.7 Å². The lowest BCUT2D eigenvalue weighted by atomic mass is 9.85. The summed E-state index contributed by atoms with van der Waals surface area (Å²) in [5.74, 6) is -1.91. The third-order valence-electron chi connectivity index (χ3n) is 7.61. The molecule has 5 atom stereocenters. The highest BCUT2D eigenvalue weighted by atomic mass is 16.5. The van der Waals surface area contributed by atoms with Gasteiger partial charge in [0, 0.05) is 0 Å². The number of carboxylic acids is 2. The van der Waals surface area contributed by atoms with Gasteiger partial charge in [-0.15, -0.1) is 0 Å². The van der Waals surface area contributed by atoms with Gasteiger partial charge < -0.3 is 19.7 Å².